The van der Waals surface area contributed by atoms with Gasteiger partial charge in [0.05, 0.1) is 0 Å². The molecule has 0 saturated carbocycles. The van der Waals surface area contributed by atoms with Crippen LogP contribution in [-0.2, 0) is 6.42 Å². The van der Waals surface area contributed by atoms with E-state index in [4.69, 9.17) is 0 Å². The van der Waals surface area contributed by atoms with Gasteiger partial charge in [-0.1, -0.05) is 36.8 Å². The van der Waals surface area contributed by atoms with Crippen LogP contribution < -0.4 is 0 Å². The summed E-state index contributed by atoms with van der Waals surface area (Å²) in [5.74, 6) is 0.616. The number of benzene rings is 1. The Morgan fingerprint density at radius 3 is 2.77 bits per heavy atom. The third-order valence-corrected chi connectivity index (χ3v) is 3.17. The first-order valence-electron chi connectivity index (χ1n) is 4.95. The maximum atomic E-state index is 2.35. The molecular weight excluding hydrogens is 156 g/mol. The van der Waals surface area contributed by atoms with Gasteiger partial charge in [0.1, 0.15) is 0 Å². The second-order valence-corrected chi connectivity index (χ2v) is 4.02. The molecule has 0 bridgehead atoms. The summed E-state index contributed by atoms with van der Waals surface area (Å²) < 4.78 is 0. The lowest BCUT2D eigenvalue weighted by Gasteiger charge is -2.23. The number of rotatable bonds is 0. The molecule has 0 aromatic heterocycles. The molecule has 1 unspecified atom stereocenters. The molecule has 1 aromatic rings. The molecule has 0 amide bonds. The van der Waals surface area contributed by atoms with E-state index in [1.54, 1.807) is 5.56 Å². The molecule has 0 heteroatoms. The van der Waals surface area contributed by atoms with E-state index in [9.17, 15) is 0 Å². The van der Waals surface area contributed by atoms with Crippen LogP contribution in [0.5, 0.6) is 0 Å². The summed E-state index contributed by atoms with van der Waals surface area (Å²) in [6.07, 6.45) is 3.47. The van der Waals surface area contributed by atoms with Crippen LogP contribution in [0.15, 0.2) is 29.8 Å². The summed E-state index contributed by atoms with van der Waals surface area (Å²) in [5, 5.41) is 0. The molecule has 0 nitrogen and oxygen atoms in total. The van der Waals surface area contributed by atoms with Crippen molar-refractivity contribution in [3.8, 4) is 0 Å². The highest BCUT2D eigenvalue weighted by Gasteiger charge is 2.17. The topological polar surface area (TPSA) is 0 Å². The molecule has 0 spiro atoms. The van der Waals surface area contributed by atoms with Gasteiger partial charge in [0.25, 0.3) is 0 Å². The van der Waals surface area contributed by atoms with Crippen LogP contribution in [-0.4, -0.2) is 0 Å². The first-order chi connectivity index (χ1) is 6.20. The van der Waals surface area contributed by atoms with Crippen molar-refractivity contribution in [3.05, 3.63) is 46.5 Å². The van der Waals surface area contributed by atoms with E-state index in [1.165, 1.54) is 16.7 Å². The van der Waals surface area contributed by atoms with Gasteiger partial charge < -0.3 is 0 Å². The fourth-order valence-corrected chi connectivity index (χ4v) is 2.21. The largest absolute Gasteiger partial charge is 0.0806 e. The smallest absolute Gasteiger partial charge is 0.00226 e. The highest BCUT2D eigenvalue weighted by molar-refractivity contribution is 5.44. The Morgan fingerprint density at radius 2 is 2.00 bits per heavy atom. The van der Waals surface area contributed by atoms with Crippen LogP contribution in [0.2, 0.25) is 0 Å². The Hall–Kier alpha value is -1.04. The van der Waals surface area contributed by atoms with Gasteiger partial charge in [-0.25, -0.2) is 0 Å². The van der Waals surface area contributed by atoms with Crippen LogP contribution in [0.3, 0.4) is 0 Å². The second-order valence-electron chi connectivity index (χ2n) is 4.02. The van der Waals surface area contributed by atoms with Crippen LogP contribution in [0.1, 0.15) is 36.5 Å². The Morgan fingerprint density at radius 1 is 1.23 bits per heavy atom. The molecule has 0 N–H and O–H groups in total. The zero-order valence-corrected chi connectivity index (χ0v) is 8.59. The minimum Gasteiger partial charge on any atom is -0.0806 e. The summed E-state index contributed by atoms with van der Waals surface area (Å²) in [4.78, 5) is 0. The normalized spacial score (nSPS) is 20.8. The van der Waals surface area contributed by atoms with Crippen molar-refractivity contribution in [2.45, 2.75) is 33.1 Å². The van der Waals surface area contributed by atoms with Crippen LogP contribution in [0, 0.1) is 6.92 Å². The van der Waals surface area contributed by atoms with Crippen molar-refractivity contribution in [2.75, 3.05) is 0 Å². The molecule has 2 rings (SSSR count). The highest BCUT2D eigenvalue weighted by Crippen LogP contribution is 2.33. The predicted molar refractivity (Wildman–Crippen MR) is 57.1 cm³/mol. The molecule has 0 heterocycles. The van der Waals surface area contributed by atoms with Crippen molar-refractivity contribution in [1.29, 1.82) is 0 Å². The van der Waals surface area contributed by atoms with Gasteiger partial charge in [-0.2, -0.15) is 0 Å². The summed E-state index contributed by atoms with van der Waals surface area (Å²) >= 11 is 0. The quantitative estimate of drug-likeness (QED) is 0.524. The van der Waals surface area contributed by atoms with Crippen molar-refractivity contribution in [1.82, 2.24) is 0 Å². The zero-order valence-electron chi connectivity index (χ0n) is 8.59. The molecular formula is C13H16. The summed E-state index contributed by atoms with van der Waals surface area (Å²) in [6.45, 7) is 6.75. The van der Waals surface area contributed by atoms with Crippen molar-refractivity contribution in [2.24, 2.45) is 0 Å². The lowest BCUT2D eigenvalue weighted by molar-refractivity contribution is 0.832. The van der Waals surface area contributed by atoms with Gasteiger partial charge in [-0.15, -0.1) is 0 Å². The number of hydrogen-bond donors (Lipinski definition) is 0. The van der Waals surface area contributed by atoms with Gasteiger partial charge >= 0.3 is 0 Å². The Kier molecular flexibility index (Phi) is 1.99. The average Bonchev–Trinajstić information content (AvgIpc) is 2.12. The average molecular weight is 172 g/mol. The van der Waals surface area contributed by atoms with Gasteiger partial charge in [0.15, 0.2) is 0 Å². The van der Waals surface area contributed by atoms with E-state index < -0.39 is 0 Å². The second kappa shape index (κ2) is 3.02. The van der Waals surface area contributed by atoms with Crippen LogP contribution in [0.25, 0.3) is 0 Å². The van der Waals surface area contributed by atoms with E-state index in [0.29, 0.717) is 5.92 Å². The fraction of sp³-hybridized carbons (Fsp3) is 0.385. The van der Waals surface area contributed by atoms with Gasteiger partial charge in [-0.3, -0.25) is 0 Å². The molecule has 1 aliphatic rings. The number of aryl methyl sites for hydroxylation is 1. The van der Waals surface area contributed by atoms with Gasteiger partial charge in [-0.05, 0) is 37.0 Å². The standard InChI is InChI=1S/C13H16/c1-9-7-8-12-6-4-5-10(2)13(12)11(9)3/h4-7,11H,8H2,1-3H3. The molecule has 68 valence electrons. The number of fused-ring (bicyclic) bond motifs is 1. The Balaban J connectivity index is 2.57. The third-order valence-electron chi connectivity index (χ3n) is 3.17. The van der Waals surface area contributed by atoms with Crippen molar-refractivity contribution >= 4 is 0 Å². The lowest BCUT2D eigenvalue weighted by Crippen LogP contribution is -2.07. The van der Waals surface area contributed by atoms with Gasteiger partial charge in [0, 0.05) is 5.92 Å². The molecule has 0 saturated heterocycles. The first-order valence-corrected chi connectivity index (χ1v) is 4.95. The lowest BCUT2D eigenvalue weighted by atomic mass is 9.81. The van der Waals surface area contributed by atoms with E-state index in [1.807, 2.05) is 0 Å². The minimum absolute atomic E-state index is 0.616. The van der Waals surface area contributed by atoms with E-state index >= 15 is 0 Å². The molecule has 0 radical (unpaired) electrons. The van der Waals surface area contributed by atoms with Crippen LogP contribution in [0.4, 0.5) is 0 Å². The molecule has 13 heavy (non-hydrogen) atoms. The van der Waals surface area contributed by atoms with Gasteiger partial charge in [0.2, 0.25) is 0 Å². The van der Waals surface area contributed by atoms with E-state index in [-0.39, 0.29) is 0 Å². The summed E-state index contributed by atoms with van der Waals surface area (Å²) in [6, 6.07) is 6.63. The van der Waals surface area contributed by atoms with E-state index in [0.717, 1.165) is 6.42 Å². The molecule has 0 fully saturated rings. The van der Waals surface area contributed by atoms with E-state index in [2.05, 4.69) is 45.0 Å². The fourth-order valence-electron chi connectivity index (χ4n) is 2.21. The van der Waals surface area contributed by atoms with Crippen molar-refractivity contribution in [3.63, 3.8) is 0 Å². The molecule has 1 aliphatic carbocycles. The Bertz CT molecular complexity index is 358. The minimum atomic E-state index is 0.616. The number of allylic oxidation sites excluding steroid dienone is 2. The zero-order chi connectivity index (χ0) is 9.42. The SMILES string of the molecule is CC1=CCc2cccc(C)c2C1C. The highest BCUT2D eigenvalue weighted by atomic mass is 14.2. The summed E-state index contributed by atoms with van der Waals surface area (Å²) in [7, 11) is 0. The Labute approximate surface area is 80.3 Å². The third kappa shape index (κ3) is 1.31. The first kappa shape index (κ1) is 8.55. The maximum Gasteiger partial charge on any atom is 0.00226 e. The molecule has 0 aliphatic heterocycles. The number of hydrogen-bond acceptors (Lipinski definition) is 0. The summed E-state index contributed by atoms with van der Waals surface area (Å²) in [5.41, 5.74) is 6.03. The molecule has 1 aromatic carbocycles. The maximum absolute atomic E-state index is 2.35. The van der Waals surface area contributed by atoms with Crippen LogP contribution >= 0.6 is 0 Å². The monoisotopic (exact) mass is 172 g/mol. The van der Waals surface area contributed by atoms with Crippen molar-refractivity contribution < 1.29 is 0 Å². The molecule has 1 atom stereocenters. The predicted octanol–water partition coefficient (Wildman–Crippen LogP) is 3.60.